The number of nitrogens with zero attached hydrogens (tertiary/aromatic N) is 8. The summed E-state index contributed by atoms with van der Waals surface area (Å²) in [6, 6.07) is 15.0. The zero-order valence-electron chi connectivity index (χ0n) is 64.8. The molecule has 26 nitrogen and oxygen atoms in total. The lowest BCUT2D eigenvalue weighted by atomic mass is 9.93. The number of Topliss-reactive ketones (excluding diaryl/α,β-unsaturated/α-hetero) is 1. The number of carbonyl (C=O) groups excluding carboxylic acids is 12. The Bertz CT molecular complexity index is 4410. The minimum Gasteiger partial charge on any atom is -0.443 e. The second-order valence-electron chi connectivity index (χ2n) is 29.3. The average Bonchev–Trinajstić information content (AvgIpc) is 0.962. The molecule has 0 aromatic heterocycles. The number of anilines is 5. The second-order valence-corrected chi connectivity index (χ2v) is 31.1. The van der Waals surface area contributed by atoms with Gasteiger partial charge in [-0.2, -0.15) is 20.2 Å². The Morgan fingerprint density at radius 3 is 1.51 bits per heavy atom. The van der Waals surface area contributed by atoms with Gasteiger partial charge in [0.2, 0.25) is 0 Å². The van der Waals surface area contributed by atoms with Crippen LogP contribution in [0.3, 0.4) is 0 Å². The van der Waals surface area contributed by atoms with Crippen LogP contribution in [-0.2, 0) is 58.8 Å². The summed E-state index contributed by atoms with van der Waals surface area (Å²) in [4.78, 5) is 180. The van der Waals surface area contributed by atoms with Crippen molar-refractivity contribution in [1.29, 1.82) is 0 Å². The van der Waals surface area contributed by atoms with Gasteiger partial charge in [0.05, 0.1) is 44.5 Å². The molecule has 2 unspecified atom stereocenters. The molecule has 108 heavy (non-hydrogen) atoms. The van der Waals surface area contributed by atoms with Crippen LogP contribution in [0.5, 0.6) is 0 Å². The first-order valence-corrected chi connectivity index (χ1v) is 36.7. The maximum Gasteiger partial charge on any atom is 0.435 e. The largest absolute Gasteiger partial charge is 0.443 e. The maximum atomic E-state index is 15.7. The second kappa shape index (κ2) is 34.8. The quantitative estimate of drug-likeness (QED) is 0.0157. The molecule has 0 spiro atoms. The molecule has 1 heterocycles. The highest BCUT2D eigenvalue weighted by Gasteiger charge is 2.44. The number of hydrogen-bond donors (Lipinski definition) is 0. The van der Waals surface area contributed by atoms with Gasteiger partial charge in [0.1, 0.15) is 33.6 Å². The molecule has 0 radical (unpaired) electrons. The number of carbonyl (C=O) groups is 12. The molecule has 1 aliphatic heterocycles. The fourth-order valence-electron chi connectivity index (χ4n) is 10.1. The van der Waals surface area contributed by atoms with Crippen LogP contribution in [0.2, 0.25) is 15.1 Å². The monoisotopic (exact) mass is 1570 g/mol. The molecule has 0 saturated heterocycles. The molecule has 2 atom stereocenters. The van der Waals surface area contributed by atoms with Gasteiger partial charge in [-0.05, 0) is 225 Å². The number of rotatable bonds is 24. The molecule has 30 heteroatoms. The van der Waals surface area contributed by atoms with E-state index in [0.29, 0.717) is 43.8 Å². The topological polar surface area (TPSA) is 304 Å². The summed E-state index contributed by atoms with van der Waals surface area (Å²) in [6.45, 7) is 32.9. The number of allylic oxidation sites excluding steroid dienone is 2. The third-order valence-corrected chi connectivity index (χ3v) is 19.9. The summed E-state index contributed by atoms with van der Waals surface area (Å²) in [5.74, 6) is -6.24. The molecule has 582 valence electrons. The van der Waals surface area contributed by atoms with Gasteiger partial charge in [0.15, 0.2) is 23.5 Å². The summed E-state index contributed by atoms with van der Waals surface area (Å²) < 4.78 is 35.4. The van der Waals surface area contributed by atoms with Crippen LogP contribution in [0.15, 0.2) is 100 Å². The van der Waals surface area contributed by atoms with E-state index in [1.54, 1.807) is 114 Å². The van der Waals surface area contributed by atoms with Crippen LogP contribution in [0.4, 0.5) is 57.2 Å². The number of aryl methyl sites for hydroxylation is 3. The van der Waals surface area contributed by atoms with Gasteiger partial charge in [-0.15, -0.1) is 11.6 Å². The molecule has 2 aliphatic rings. The summed E-state index contributed by atoms with van der Waals surface area (Å²) in [5, 5.41) is 8.26. The lowest BCUT2D eigenvalue weighted by Crippen LogP contribution is -2.48. The summed E-state index contributed by atoms with van der Waals surface area (Å²) in [7, 11) is 0. The van der Waals surface area contributed by atoms with E-state index in [0.717, 1.165) is 41.0 Å². The number of hydrogen-bond acceptors (Lipinski definition) is 20. The summed E-state index contributed by atoms with van der Waals surface area (Å²) in [5.41, 5.74) is -11.0. The van der Waals surface area contributed by atoms with Crippen molar-refractivity contribution in [2.24, 2.45) is 10.2 Å². The molecular formula is C78H94Cl4N8O18. The van der Waals surface area contributed by atoms with E-state index in [-0.39, 0.29) is 111 Å². The predicted octanol–water partition coefficient (Wildman–Crippen LogP) is 18.5. The van der Waals surface area contributed by atoms with E-state index in [1.807, 2.05) is 6.92 Å². The van der Waals surface area contributed by atoms with Crippen LogP contribution < -0.4 is 24.6 Å². The number of ether oxygens (including phenoxy) is 6. The van der Waals surface area contributed by atoms with E-state index in [9.17, 15) is 43.2 Å². The lowest BCUT2D eigenvalue weighted by molar-refractivity contribution is -0.116. The SMILES string of the molecule is CCC(C)(C)OC(=O)N(/N=C(\C=O)C(=O)N(C(=O)OC(C)(C)CC)c1cc(C)c(N(C(=O)OC(C)(C)CC)C(=O)/C(=N/N(C(=O)OC(C)(C)CC)c2cc(C(=O)N3C(=O)OC(C)(CC)Cc4ccc(Cl)cc43)ccc2Cl)C(C)=O)cc1C)C1=CC(C(=O)N(C(=O)OC(C)(C)CC)c2cc(Cl)ccc2C)=CCC1Cl. The Balaban J connectivity index is 1.58. The van der Waals surface area contributed by atoms with Gasteiger partial charge in [0.25, 0.3) is 23.6 Å². The van der Waals surface area contributed by atoms with Crippen LogP contribution >= 0.6 is 46.4 Å². The fourth-order valence-corrected chi connectivity index (χ4v) is 10.9. The number of aldehydes is 1. The Morgan fingerprint density at radius 1 is 0.574 bits per heavy atom. The van der Waals surface area contributed by atoms with Gasteiger partial charge in [-0.25, -0.2) is 48.4 Å². The molecule has 0 N–H and O–H groups in total. The highest BCUT2D eigenvalue weighted by atomic mass is 35.5. The van der Waals surface area contributed by atoms with Crippen LogP contribution in [0.25, 0.3) is 0 Å². The van der Waals surface area contributed by atoms with E-state index in [4.69, 9.17) is 74.8 Å². The van der Waals surface area contributed by atoms with E-state index < -0.39 is 122 Å². The molecule has 0 saturated carbocycles. The van der Waals surface area contributed by atoms with Crippen molar-refractivity contribution < 1.29 is 86.0 Å². The summed E-state index contributed by atoms with van der Waals surface area (Å²) >= 11 is 26.8. The number of ketones is 1. The number of benzene rings is 4. The molecule has 6 rings (SSSR count). The smallest absolute Gasteiger partial charge is 0.435 e. The molecule has 1 aliphatic carbocycles. The van der Waals surface area contributed by atoms with Gasteiger partial charge in [-0.3, -0.25) is 28.8 Å². The van der Waals surface area contributed by atoms with Crippen molar-refractivity contribution in [3.8, 4) is 0 Å². The normalized spacial score (nSPS) is 15.7. The van der Waals surface area contributed by atoms with Crippen LogP contribution in [0, 0.1) is 20.8 Å². The third kappa shape index (κ3) is 20.8. The minimum absolute atomic E-state index is 0.0460. The highest BCUT2D eigenvalue weighted by molar-refractivity contribution is 6.69. The van der Waals surface area contributed by atoms with Crippen LogP contribution in [0.1, 0.15) is 202 Å². The number of alkyl halides is 1. The molecule has 4 aromatic rings. The predicted molar refractivity (Wildman–Crippen MR) is 414 cm³/mol. The first-order valence-electron chi connectivity index (χ1n) is 35.1. The Labute approximate surface area is 649 Å². The summed E-state index contributed by atoms with van der Waals surface area (Å²) in [6.07, 6.45) is -3.85. The Morgan fingerprint density at radius 2 is 1.03 bits per heavy atom. The molecule has 10 amide bonds. The number of cyclic esters (lactones) is 1. The first kappa shape index (κ1) is 87.4. The first-order chi connectivity index (χ1) is 50.1. The maximum absolute atomic E-state index is 15.7. The highest BCUT2D eigenvalue weighted by Crippen LogP contribution is 2.40. The molecule has 0 bridgehead atoms. The van der Waals surface area contributed by atoms with E-state index in [2.05, 4.69) is 10.2 Å². The van der Waals surface area contributed by atoms with Crippen molar-refractivity contribution >= 4 is 159 Å². The van der Waals surface area contributed by atoms with Crippen molar-refractivity contribution in [2.45, 2.75) is 236 Å². The van der Waals surface area contributed by atoms with Crippen molar-refractivity contribution in [1.82, 2.24) is 5.01 Å². The van der Waals surface area contributed by atoms with Crippen molar-refractivity contribution in [2.75, 3.05) is 24.6 Å². The van der Waals surface area contributed by atoms with Crippen molar-refractivity contribution in [3.63, 3.8) is 0 Å². The lowest BCUT2D eigenvalue weighted by Gasteiger charge is -2.32. The third-order valence-electron chi connectivity index (χ3n) is 18.7. The fraction of sp³-hybridized carbons (Fsp3) is 0.462. The molecule has 4 aromatic carbocycles. The Hall–Kier alpha value is -9.50. The van der Waals surface area contributed by atoms with Gasteiger partial charge >= 0.3 is 36.6 Å². The van der Waals surface area contributed by atoms with Gasteiger partial charge in [0, 0.05) is 34.5 Å². The average molecular weight is 1570 g/mol. The zero-order chi connectivity index (χ0) is 81.4. The molecule has 0 fully saturated rings. The standard InChI is InChI=1S/C78H94Cl4N8O18/c1-22-73(11,12)103-67(97)85(58-40-51(79)32-28-44(58)7)63(93)48-30-34-53(81)60(38-48)89(71(101)106-76(17,18)25-4)83-55(43-91)65(95)86(68(98)104-74(13,14)23-2)56-36-46(9)57(37-45(56)8)87(69(99)105-75(15,16)24-3)66(96)62(47(10)92)84-90(72(102)107-77(19,20)26-5)61-39-49(31-35-54(61)82)64(94)88-59-41-52(80)33-29-50(59)42-78(21,27-6)108-70(88)100/h28-33,35-41,43,53H,22-27,34,42H2,1-21H3/b83-55+,84-62+. The van der Waals surface area contributed by atoms with E-state index in [1.165, 1.54) is 71.9 Å². The number of hydrazone groups is 2. The van der Waals surface area contributed by atoms with Gasteiger partial charge < -0.3 is 28.4 Å². The molecular weight excluding hydrogens is 1480 g/mol. The zero-order valence-corrected chi connectivity index (χ0v) is 67.8. The Kier molecular flexibility index (Phi) is 28.2. The van der Waals surface area contributed by atoms with Gasteiger partial charge in [-0.1, -0.05) is 94.6 Å². The minimum atomic E-state index is -1.55. The number of halogens is 4. The van der Waals surface area contributed by atoms with E-state index >= 15 is 14.4 Å². The van der Waals surface area contributed by atoms with Crippen LogP contribution in [-0.4, -0.2) is 128 Å². The number of fused-ring (bicyclic) bond motifs is 1. The van der Waals surface area contributed by atoms with Crippen molar-refractivity contribution in [3.05, 3.63) is 133 Å². The number of imide groups is 4. The number of amides is 10.